The van der Waals surface area contributed by atoms with Gasteiger partial charge >= 0.3 is 0 Å². The number of rotatable bonds is 8. The molecule has 0 radical (unpaired) electrons. The second-order valence-corrected chi connectivity index (χ2v) is 8.49. The number of aromatic nitrogens is 2. The van der Waals surface area contributed by atoms with Gasteiger partial charge in [0.05, 0.1) is 53.7 Å². The Labute approximate surface area is 220 Å². The van der Waals surface area contributed by atoms with E-state index < -0.39 is 0 Å². The van der Waals surface area contributed by atoms with E-state index in [9.17, 15) is 0 Å². The van der Waals surface area contributed by atoms with Gasteiger partial charge in [0.15, 0.2) is 23.0 Å². The van der Waals surface area contributed by atoms with E-state index in [0.29, 0.717) is 34.5 Å². The molecule has 0 saturated heterocycles. The lowest BCUT2D eigenvalue weighted by Crippen LogP contribution is -1.96. The van der Waals surface area contributed by atoms with Gasteiger partial charge in [0, 0.05) is 34.3 Å². The Hall–Kier alpha value is -4.72. The van der Waals surface area contributed by atoms with Crippen molar-refractivity contribution < 1.29 is 28.4 Å². The van der Waals surface area contributed by atoms with Crippen LogP contribution >= 0.6 is 0 Å². The quantitative estimate of drug-likeness (QED) is 0.228. The minimum Gasteiger partial charge on any atom is -0.493 e. The summed E-state index contributed by atoms with van der Waals surface area (Å²) in [4.78, 5) is 9.57. The van der Waals surface area contributed by atoms with Crippen molar-refractivity contribution in [2.24, 2.45) is 0 Å². The molecule has 5 aromatic rings. The molecule has 194 valence electrons. The largest absolute Gasteiger partial charge is 0.493 e. The number of methoxy groups -OCH3 is 6. The maximum absolute atomic E-state index is 5.52. The number of fused-ring (bicyclic) bond motifs is 3. The molecule has 0 aliphatic heterocycles. The van der Waals surface area contributed by atoms with Crippen LogP contribution < -0.4 is 28.4 Å². The van der Waals surface area contributed by atoms with Crippen LogP contribution in [0.3, 0.4) is 0 Å². The van der Waals surface area contributed by atoms with Gasteiger partial charge < -0.3 is 28.4 Å². The molecule has 0 aliphatic carbocycles. The Balaban J connectivity index is 1.58. The van der Waals surface area contributed by atoms with Crippen LogP contribution in [0.25, 0.3) is 44.1 Å². The van der Waals surface area contributed by atoms with Crippen LogP contribution in [-0.2, 0) is 0 Å². The summed E-state index contributed by atoms with van der Waals surface area (Å²) in [5.41, 5.74) is 5.28. The summed E-state index contributed by atoms with van der Waals surface area (Å²) in [6, 6.07) is 15.9. The third kappa shape index (κ3) is 4.24. The highest BCUT2D eigenvalue weighted by molar-refractivity contribution is 6.04. The van der Waals surface area contributed by atoms with Crippen LogP contribution in [0.2, 0.25) is 0 Å². The average molecular weight is 513 g/mol. The molecular formula is C30H28N2O6. The lowest BCUT2D eigenvalue weighted by atomic mass is 10.0. The molecule has 0 atom stereocenters. The van der Waals surface area contributed by atoms with Gasteiger partial charge in [0.1, 0.15) is 0 Å². The molecule has 38 heavy (non-hydrogen) atoms. The van der Waals surface area contributed by atoms with Crippen molar-refractivity contribution in [3.63, 3.8) is 0 Å². The first-order chi connectivity index (χ1) is 18.5. The highest BCUT2D eigenvalue weighted by Gasteiger charge is 2.17. The molecule has 3 aromatic carbocycles. The first-order valence-corrected chi connectivity index (χ1v) is 11.8. The molecule has 0 amide bonds. The van der Waals surface area contributed by atoms with Crippen LogP contribution in [0.15, 0.2) is 60.9 Å². The van der Waals surface area contributed by atoms with E-state index in [1.54, 1.807) is 42.7 Å². The number of benzene rings is 3. The Morgan fingerprint density at radius 1 is 0.421 bits per heavy atom. The van der Waals surface area contributed by atoms with Gasteiger partial charge in [-0.1, -0.05) is 12.1 Å². The topological polar surface area (TPSA) is 81.2 Å². The molecule has 2 aromatic heterocycles. The summed E-state index contributed by atoms with van der Waals surface area (Å²) >= 11 is 0. The highest BCUT2D eigenvalue weighted by atomic mass is 16.5. The van der Waals surface area contributed by atoms with E-state index in [0.717, 1.165) is 44.1 Å². The van der Waals surface area contributed by atoms with Gasteiger partial charge in [0.2, 0.25) is 11.5 Å². The third-order valence-electron chi connectivity index (χ3n) is 6.50. The van der Waals surface area contributed by atoms with Crippen molar-refractivity contribution in [1.82, 2.24) is 9.97 Å². The normalized spacial score (nSPS) is 10.9. The van der Waals surface area contributed by atoms with Gasteiger partial charge in [-0.3, -0.25) is 9.97 Å². The Morgan fingerprint density at radius 3 is 1.05 bits per heavy atom. The first-order valence-electron chi connectivity index (χ1n) is 11.8. The summed E-state index contributed by atoms with van der Waals surface area (Å²) in [5, 5.41) is 1.94. The van der Waals surface area contributed by atoms with E-state index in [1.807, 2.05) is 48.8 Å². The van der Waals surface area contributed by atoms with Crippen molar-refractivity contribution >= 4 is 21.8 Å². The fourth-order valence-corrected chi connectivity index (χ4v) is 4.60. The fraction of sp³-hybridized carbons (Fsp3) is 0.200. The lowest BCUT2D eigenvalue weighted by molar-refractivity contribution is 0.324. The zero-order valence-corrected chi connectivity index (χ0v) is 22.1. The van der Waals surface area contributed by atoms with E-state index in [2.05, 4.69) is 12.1 Å². The summed E-state index contributed by atoms with van der Waals surface area (Å²) in [6.45, 7) is 0. The zero-order chi connectivity index (χ0) is 26.8. The molecule has 0 unspecified atom stereocenters. The standard InChI is InChI=1S/C30H28N2O6/c1-33-23-11-19(12-24(34-2)29(23)37-5)21-9-17-7-8-18-10-22(16-32-28(18)27(17)31-15-21)20-13-25(35-3)30(38-6)26(14-20)36-4/h7-16H,1-6H3. The minimum absolute atomic E-state index is 0.547. The van der Waals surface area contributed by atoms with E-state index in [1.165, 1.54) is 0 Å². The fourth-order valence-electron chi connectivity index (χ4n) is 4.60. The number of nitrogens with zero attached hydrogens (tertiary/aromatic N) is 2. The second-order valence-electron chi connectivity index (χ2n) is 8.49. The van der Waals surface area contributed by atoms with Gasteiger partial charge in [0.25, 0.3) is 0 Å². The Morgan fingerprint density at radius 2 is 0.763 bits per heavy atom. The predicted molar refractivity (Wildman–Crippen MR) is 147 cm³/mol. The van der Waals surface area contributed by atoms with Crippen LogP contribution in [0.4, 0.5) is 0 Å². The number of hydrogen-bond acceptors (Lipinski definition) is 8. The first kappa shape index (κ1) is 25.0. The van der Waals surface area contributed by atoms with Crippen molar-refractivity contribution in [2.45, 2.75) is 0 Å². The van der Waals surface area contributed by atoms with E-state index in [-0.39, 0.29) is 0 Å². The van der Waals surface area contributed by atoms with Crippen LogP contribution in [0.1, 0.15) is 0 Å². The molecule has 0 N–H and O–H groups in total. The van der Waals surface area contributed by atoms with Crippen LogP contribution in [0.5, 0.6) is 34.5 Å². The number of hydrogen-bond donors (Lipinski definition) is 0. The number of pyridine rings is 2. The van der Waals surface area contributed by atoms with Crippen molar-refractivity contribution in [1.29, 1.82) is 0 Å². The predicted octanol–water partition coefficient (Wildman–Crippen LogP) is 6.17. The van der Waals surface area contributed by atoms with Gasteiger partial charge in [-0.25, -0.2) is 0 Å². The molecule has 0 bridgehead atoms. The molecule has 0 saturated carbocycles. The van der Waals surface area contributed by atoms with Gasteiger partial charge in [-0.15, -0.1) is 0 Å². The number of ether oxygens (including phenoxy) is 6. The minimum atomic E-state index is 0.547. The Bertz CT molecular complexity index is 1480. The molecular weight excluding hydrogens is 484 g/mol. The van der Waals surface area contributed by atoms with E-state index in [4.69, 9.17) is 38.4 Å². The summed E-state index contributed by atoms with van der Waals surface area (Å²) < 4.78 is 33.0. The summed E-state index contributed by atoms with van der Waals surface area (Å²) in [5.74, 6) is 3.43. The monoisotopic (exact) mass is 512 g/mol. The maximum Gasteiger partial charge on any atom is 0.203 e. The third-order valence-corrected chi connectivity index (χ3v) is 6.50. The average Bonchev–Trinajstić information content (AvgIpc) is 2.98. The summed E-state index contributed by atoms with van der Waals surface area (Å²) in [7, 11) is 9.58. The lowest BCUT2D eigenvalue weighted by Gasteiger charge is -2.15. The van der Waals surface area contributed by atoms with Crippen LogP contribution in [-0.4, -0.2) is 52.6 Å². The molecule has 0 aliphatic rings. The van der Waals surface area contributed by atoms with Crippen molar-refractivity contribution in [3.05, 3.63) is 60.9 Å². The molecule has 8 nitrogen and oxygen atoms in total. The van der Waals surface area contributed by atoms with Gasteiger partial charge in [-0.2, -0.15) is 0 Å². The van der Waals surface area contributed by atoms with Crippen molar-refractivity contribution in [3.8, 4) is 56.8 Å². The summed E-state index contributed by atoms with van der Waals surface area (Å²) in [6.07, 6.45) is 3.66. The van der Waals surface area contributed by atoms with E-state index >= 15 is 0 Å². The Kier molecular flexibility index (Phi) is 6.79. The van der Waals surface area contributed by atoms with Gasteiger partial charge in [-0.05, 0) is 47.5 Å². The SMILES string of the molecule is COc1cc(-c2cnc3c(ccc4cc(-c5cc(OC)c(OC)c(OC)c5)cnc43)c2)cc(OC)c1OC. The molecule has 0 fully saturated rings. The molecule has 2 heterocycles. The zero-order valence-electron chi connectivity index (χ0n) is 22.1. The maximum atomic E-state index is 5.52. The smallest absolute Gasteiger partial charge is 0.203 e. The second kappa shape index (κ2) is 10.3. The molecule has 5 rings (SSSR count). The molecule has 0 spiro atoms. The van der Waals surface area contributed by atoms with Crippen molar-refractivity contribution in [2.75, 3.05) is 42.7 Å². The highest BCUT2D eigenvalue weighted by Crippen LogP contribution is 2.43. The molecule has 8 heteroatoms. The van der Waals surface area contributed by atoms with Crippen LogP contribution in [0, 0.1) is 0 Å².